The smallest absolute Gasteiger partial charge is 0.294 e. The lowest BCUT2D eigenvalue weighted by atomic mass is 10.1. The summed E-state index contributed by atoms with van der Waals surface area (Å²) in [6.07, 6.45) is 1.63. The number of benzene rings is 2. The number of hydrogen-bond donors (Lipinski definition) is 0. The molecule has 0 radical (unpaired) electrons. The highest BCUT2D eigenvalue weighted by Crippen LogP contribution is 2.37. The van der Waals surface area contributed by atoms with Crippen LogP contribution in [0.4, 0.5) is 4.79 Å². The van der Waals surface area contributed by atoms with Crippen LogP contribution >= 0.6 is 34.4 Å². The Morgan fingerprint density at radius 2 is 1.91 bits per heavy atom. The number of rotatable bonds is 7. The average molecular weight is 594 g/mol. The first-order valence-corrected chi connectivity index (χ1v) is 12.5. The quantitative estimate of drug-likeness (QED) is 0.357. The normalized spacial score (nSPS) is 17.4. The molecule has 2 aromatic carbocycles. The lowest BCUT2D eigenvalue weighted by Gasteiger charge is -2.28. The van der Waals surface area contributed by atoms with Gasteiger partial charge in [-0.15, -0.1) is 0 Å². The second-order valence-corrected chi connectivity index (χ2v) is 9.72. The fourth-order valence-electron chi connectivity index (χ4n) is 3.53. The number of morpholine rings is 1. The van der Waals surface area contributed by atoms with Crippen molar-refractivity contribution in [1.82, 2.24) is 9.80 Å². The van der Waals surface area contributed by atoms with Crippen molar-refractivity contribution in [2.75, 3.05) is 40.0 Å². The summed E-state index contributed by atoms with van der Waals surface area (Å²) in [4.78, 5) is 40.7. The van der Waals surface area contributed by atoms with Gasteiger partial charge in [-0.2, -0.15) is 0 Å². The first-order valence-electron chi connectivity index (χ1n) is 10.6. The fraction of sp³-hybridized carbons (Fsp3) is 0.292. The van der Waals surface area contributed by atoms with E-state index >= 15 is 0 Å². The van der Waals surface area contributed by atoms with Gasteiger partial charge in [0.15, 0.2) is 11.5 Å². The molecule has 0 saturated carbocycles. The van der Waals surface area contributed by atoms with E-state index in [0.29, 0.717) is 50.0 Å². The third-order valence-electron chi connectivity index (χ3n) is 5.31. The van der Waals surface area contributed by atoms with Gasteiger partial charge in [0.2, 0.25) is 5.91 Å². The highest BCUT2D eigenvalue weighted by atomic mass is 127. The number of carbonyl (C=O) groups is 3. The van der Waals surface area contributed by atoms with Crippen LogP contribution < -0.4 is 9.47 Å². The Morgan fingerprint density at radius 1 is 1.18 bits per heavy atom. The van der Waals surface area contributed by atoms with Crippen molar-refractivity contribution < 1.29 is 28.6 Å². The van der Waals surface area contributed by atoms with Crippen molar-refractivity contribution >= 4 is 57.5 Å². The first kappa shape index (κ1) is 24.6. The molecule has 2 saturated heterocycles. The molecule has 0 spiro atoms. The zero-order valence-electron chi connectivity index (χ0n) is 18.5. The van der Waals surface area contributed by atoms with E-state index in [-0.39, 0.29) is 17.4 Å². The maximum absolute atomic E-state index is 12.9. The zero-order chi connectivity index (χ0) is 24.1. The predicted molar refractivity (Wildman–Crippen MR) is 137 cm³/mol. The molecule has 34 heavy (non-hydrogen) atoms. The summed E-state index contributed by atoms with van der Waals surface area (Å²) in [5.74, 6) is 0.391. The highest BCUT2D eigenvalue weighted by molar-refractivity contribution is 14.1. The van der Waals surface area contributed by atoms with Gasteiger partial charge < -0.3 is 19.1 Å². The number of methoxy groups -OCH3 is 1. The second-order valence-electron chi connectivity index (χ2n) is 7.57. The molecule has 0 aliphatic carbocycles. The number of thioether (sulfide) groups is 1. The van der Waals surface area contributed by atoms with E-state index < -0.39 is 11.1 Å². The standard InChI is InChI=1S/C24H23IN2O6S/c1-31-19-12-17(11-18(25)22(19)33-15-16-5-3-2-4-6-16)13-20-23(29)27(24(30)34-20)14-21(28)26-7-9-32-10-8-26/h2-6,11-13H,7-10,14-15H2,1H3/b20-13+. The van der Waals surface area contributed by atoms with Gasteiger partial charge in [-0.3, -0.25) is 19.3 Å². The number of halogens is 1. The van der Waals surface area contributed by atoms with E-state index in [1.54, 1.807) is 24.2 Å². The van der Waals surface area contributed by atoms with Gasteiger partial charge in [-0.05, 0) is 63.7 Å². The summed E-state index contributed by atoms with van der Waals surface area (Å²) in [5, 5.41) is -0.456. The third kappa shape index (κ3) is 5.73. The van der Waals surface area contributed by atoms with Crippen LogP contribution in [0.15, 0.2) is 47.4 Å². The molecule has 2 fully saturated rings. The van der Waals surface area contributed by atoms with E-state index in [1.807, 2.05) is 36.4 Å². The molecule has 178 valence electrons. The molecular weight excluding hydrogens is 571 g/mol. The Labute approximate surface area is 215 Å². The van der Waals surface area contributed by atoms with Gasteiger partial charge in [0.05, 0.1) is 28.8 Å². The van der Waals surface area contributed by atoms with Crippen LogP contribution in [-0.2, 0) is 20.9 Å². The number of imide groups is 1. The second kappa shape index (κ2) is 11.2. The molecule has 8 nitrogen and oxygen atoms in total. The maximum atomic E-state index is 12.9. The van der Waals surface area contributed by atoms with Crippen molar-refractivity contribution in [3.63, 3.8) is 0 Å². The van der Waals surface area contributed by atoms with E-state index in [2.05, 4.69) is 22.6 Å². The summed E-state index contributed by atoms with van der Waals surface area (Å²) < 4.78 is 17.6. The van der Waals surface area contributed by atoms with Gasteiger partial charge in [0.25, 0.3) is 11.1 Å². The molecule has 2 aromatic rings. The van der Waals surface area contributed by atoms with Crippen LogP contribution in [0.1, 0.15) is 11.1 Å². The van der Waals surface area contributed by atoms with Crippen LogP contribution in [0.5, 0.6) is 11.5 Å². The number of carbonyl (C=O) groups excluding carboxylic acids is 3. The number of hydrogen-bond acceptors (Lipinski definition) is 7. The maximum Gasteiger partial charge on any atom is 0.294 e. The lowest BCUT2D eigenvalue weighted by Crippen LogP contribution is -2.46. The molecule has 4 rings (SSSR count). The molecule has 0 N–H and O–H groups in total. The van der Waals surface area contributed by atoms with Crippen molar-refractivity contribution in [1.29, 1.82) is 0 Å². The Balaban J connectivity index is 1.48. The SMILES string of the molecule is COc1cc(/C=C2/SC(=O)N(CC(=O)N3CCOCC3)C2=O)cc(I)c1OCc1ccccc1. The molecular formula is C24H23IN2O6S. The van der Waals surface area contributed by atoms with Crippen LogP contribution in [0.25, 0.3) is 6.08 Å². The van der Waals surface area contributed by atoms with Crippen LogP contribution in [-0.4, -0.2) is 66.8 Å². The molecule has 10 heteroatoms. The van der Waals surface area contributed by atoms with Gasteiger partial charge in [-0.1, -0.05) is 30.3 Å². The van der Waals surface area contributed by atoms with Crippen LogP contribution in [0.3, 0.4) is 0 Å². The molecule has 0 atom stereocenters. The average Bonchev–Trinajstić information content (AvgIpc) is 3.11. The third-order valence-corrected chi connectivity index (χ3v) is 7.01. The Kier molecular flexibility index (Phi) is 8.11. The minimum Gasteiger partial charge on any atom is -0.493 e. The predicted octanol–water partition coefficient (Wildman–Crippen LogP) is 3.77. The molecule has 2 aliphatic rings. The van der Waals surface area contributed by atoms with Crippen molar-refractivity contribution in [3.8, 4) is 11.5 Å². The van der Waals surface area contributed by atoms with E-state index in [4.69, 9.17) is 14.2 Å². The van der Waals surface area contributed by atoms with Gasteiger partial charge in [0, 0.05) is 13.1 Å². The zero-order valence-corrected chi connectivity index (χ0v) is 21.5. The molecule has 0 aromatic heterocycles. The Morgan fingerprint density at radius 3 is 2.62 bits per heavy atom. The monoisotopic (exact) mass is 594 g/mol. The summed E-state index contributed by atoms with van der Waals surface area (Å²) >= 11 is 2.98. The van der Waals surface area contributed by atoms with E-state index in [0.717, 1.165) is 25.8 Å². The molecule has 0 unspecified atom stereocenters. The molecule has 3 amide bonds. The first-order chi connectivity index (χ1) is 16.5. The van der Waals surface area contributed by atoms with E-state index in [9.17, 15) is 14.4 Å². The summed E-state index contributed by atoms with van der Waals surface area (Å²) in [7, 11) is 1.55. The van der Waals surface area contributed by atoms with Crippen LogP contribution in [0, 0.1) is 3.57 Å². The van der Waals surface area contributed by atoms with Crippen molar-refractivity contribution in [3.05, 3.63) is 62.1 Å². The molecule has 0 bridgehead atoms. The van der Waals surface area contributed by atoms with Gasteiger partial charge in [0.1, 0.15) is 13.2 Å². The van der Waals surface area contributed by atoms with Gasteiger partial charge >= 0.3 is 0 Å². The highest BCUT2D eigenvalue weighted by Gasteiger charge is 2.37. The summed E-state index contributed by atoms with van der Waals surface area (Å²) in [6, 6.07) is 13.4. The molecule has 2 aliphatic heterocycles. The van der Waals surface area contributed by atoms with Crippen molar-refractivity contribution in [2.24, 2.45) is 0 Å². The largest absolute Gasteiger partial charge is 0.493 e. The van der Waals surface area contributed by atoms with Crippen LogP contribution in [0.2, 0.25) is 0 Å². The summed E-state index contributed by atoms with van der Waals surface area (Å²) in [5.41, 5.74) is 1.73. The summed E-state index contributed by atoms with van der Waals surface area (Å²) in [6.45, 7) is 1.96. The molecule has 2 heterocycles. The fourth-order valence-corrected chi connectivity index (χ4v) is 5.15. The van der Waals surface area contributed by atoms with Crippen molar-refractivity contribution in [2.45, 2.75) is 6.61 Å². The Hall–Kier alpha value is -2.57. The lowest BCUT2D eigenvalue weighted by molar-refractivity contribution is -0.139. The number of ether oxygens (including phenoxy) is 3. The van der Waals surface area contributed by atoms with Gasteiger partial charge in [-0.25, -0.2) is 0 Å². The minimum atomic E-state index is -0.477. The Bertz CT molecular complexity index is 1120. The number of nitrogens with zero attached hydrogens (tertiary/aromatic N) is 2. The minimum absolute atomic E-state index is 0.260. The number of amides is 3. The van der Waals surface area contributed by atoms with E-state index in [1.165, 1.54) is 0 Å². The topological polar surface area (TPSA) is 85.4 Å².